The molecule has 1 amide bonds. The minimum atomic E-state index is -0.375. The van der Waals surface area contributed by atoms with Crippen LogP contribution < -0.4 is 15.4 Å². The van der Waals surface area contributed by atoms with Crippen molar-refractivity contribution >= 4 is 28.9 Å². The number of halogens is 1. The van der Waals surface area contributed by atoms with Crippen LogP contribution in [0.2, 0.25) is 0 Å². The van der Waals surface area contributed by atoms with Gasteiger partial charge in [0, 0.05) is 5.69 Å². The number of rotatable bonds is 4. The normalized spacial score (nSPS) is 9.91. The maximum absolute atomic E-state index is 12.8. The molecule has 6 heteroatoms. The first kappa shape index (κ1) is 15.9. The molecular formula is C16H15FN2O2S. The van der Waals surface area contributed by atoms with Gasteiger partial charge in [-0.25, -0.2) is 4.39 Å². The Morgan fingerprint density at radius 3 is 2.41 bits per heavy atom. The third kappa shape index (κ3) is 5.14. The summed E-state index contributed by atoms with van der Waals surface area (Å²) in [5.41, 5.74) is 1.70. The number of amides is 1. The van der Waals surface area contributed by atoms with Gasteiger partial charge in [-0.15, -0.1) is 0 Å². The van der Waals surface area contributed by atoms with Gasteiger partial charge < -0.3 is 10.1 Å². The van der Waals surface area contributed by atoms with Crippen LogP contribution in [0.5, 0.6) is 5.75 Å². The molecule has 0 saturated heterocycles. The number of hydrogen-bond donors (Lipinski definition) is 2. The van der Waals surface area contributed by atoms with E-state index in [2.05, 4.69) is 10.6 Å². The van der Waals surface area contributed by atoms with Crippen molar-refractivity contribution in [2.24, 2.45) is 0 Å². The molecule has 22 heavy (non-hydrogen) atoms. The summed E-state index contributed by atoms with van der Waals surface area (Å²) >= 11 is 5.00. The summed E-state index contributed by atoms with van der Waals surface area (Å²) < 4.78 is 18.1. The van der Waals surface area contributed by atoms with Gasteiger partial charge in [-0.1, -0.05) is 17.7 Å². The molecule has 114 valence electrons. The van der Waals surface area contributed by atoms with E-state index in [1.54, 1.807) is 12.1 Å². The summed E-state index contributed by atoms with van der Waals surface area (Å²) in [6.07, 6.45) is 0. The first-order valence-electron chi connectivity index (χ1n) is 6.59. The van der Waals surface area contributed by atoms with Crippen molar-refractivity contribution < 1.29 is 13.9 Å². The van der Waals surface area contributed by atoms with Crippen molar-refractivity contribution in [2.45, 2.75) is 6.92 Å². The van der Waals surface area contributed by atoms with E-state index in [-0.39, 0.29) is 23.4 Å². The molecule has 0 bridgehead atoms. The molecule has 4 nitrogen and oxygen atoms in total. The molecule has 0 heterocycles. The van der Waals surface area contributed by atoms with Crippen LogP contribution in [0.3, 0.4) is 0 Å². The molecule has 0 spiro atoms. The molecule has 0 aliphatic carbocycles. The van der Waals surface area contributed by atoms with Crippen LogP contribution in [-0.4, -0.2) is 17.6 Å². The molecule has 0 atom stereocenters. The first-order chi connectivity index (χ1) is 10.5. The molecule has 0 saturated carbocycles. The highest BCUT2D eigenvalue weighted by Gasteiger charge is 2.06. The summed E-state index contributed by atoms with van der Waals surface area (Å²) in [6, 6.07) is 13.0. The van der Waals surface area contributed by atoms with Gasteiger partial charge in [0.05, 0.1) is 0 Å². The van der Waals surface area contributed by atoms with Gasteiger partial charge in [0.1, 0.15) is 11.6 Å². The summed E-state index contributed by atoms with van der Waals surface area (Å²) in [7, 11) is 0. The second kappa shape index (κ2) is 7.51. The minimum Gasteiger partial charge on any atom is -0.484 e. The number of nitrogens with one attached hydrogen (secondary N) is 2. The van der Waals surface area contributed by atoms with E-state index < -0.39 is 0 Å². The van der Waals surface area contributed by atoms with Crippen molar-refractivity contribution in [3.63, 3.8) is 0 Å². The molecule has 2 aromatic carbocycles. The smallest absolute Gasteiger partial charge is 0.264 e. The van der Waals surface area contributed by atoms with Gasteiger partial charge in [-0.05, 0) is 55.5 Å². The van der Waals surface area contributed by atoms with E-state index in [1.165, 1.54) is 24.3 Å². The van der Waals surface area contributed by atoms with Crippen LogP contribution in [0, 0.1) is 12.7 Å². The molecule has 0 unspecified atom stereocenters. The number of carbonyl (C=O) groups excluding carboxylic acids is 1. The molecule has 2 rings (SSSR count). The number of hydrogen-bond acceptors (Lipinski definition) is 3. The van der Waals surface area contributed by atoms with Crippen LogP contribution in [0.25, 0.3) is 0 Å². The van der Waals surface area contributed by atoms with E-state index in [9.17, 15) is 9.18 Å². The van der Waals surface area contributed by atoms with E-state index >= 15 is 0 Å². The summed E-state index contributed by atoms with van der Waals surface area (Å²) in [6.45, 7) is 1.82. The van der Waals surface area contributed by atoms with Gasteiger partial charge in [-0.2, -0.15) is 0 Å². The average Bonchev–Trinajstić information content (AvgIpc) is 2.49. The lowest BCUT2D eigenvalue weighted by Gasteiger charge is -2.10. The predicted octanol–water partition coefficient (Wildman–Crippen LogP) is 3.03. The molecule has 0 radical (unpaired) electrons. The number of benzene rings is 2. The molecule has 0 aliphatic heterocycles. The number of aryl methyl sites for hydroxylation is 1. The third-order valence-corrected chi connectivity index (χ3v) is 2.95. The number of carbonyl (C=O) groups is 1. The summed E-state index contributed by atoms with van der Waals surface area (Å²) in [5.74, 6) is -0.106. The van der Waals surface area contributed by atoms with Gasteiger partial charge in [0.25, 0.3) is 5.91 Å². The Labute approximate surface area is 133 Å². The van der Waals surface area contributed by atoms with Crippen molar-refractivity contribution in [1.82, 2.24) is 5.32 Å². The zero-order chi connectivity index (χ0) is 15.9. The lowest BCUT2D eigenvalue weighted by atomic mass is 10.2. The SMILES string of the molecule is Cc1ccc(OCC(=O)NC(=S)Nc2ccc(F)cc2)cc1. The second-order valence-electron chi connectivity index (χ2n) is 4.61. The number of thiocarbonyl (C=S) groups is 1. The molecule has 0 aliphatic rings. The van der Waals surface area contributed by atoms with E-state index in [0.29, 0.717) is 11.4 Å². The third-order valence-electron chi connectivity index (χ3n) is 2.75. The van der Waals surface area contributed by atoms with Crippen molar-refractivity contribution in [2.75, 3.05) is 11.9 Å². The maximum Gasteiger partial charge on any atom is 0.264 e. The number of anilines is 1. The Hall–Kier alpha value is -2.47. The first-order valence-corrected chi connectivity index (χ1v) is 6.99. The van der Waals surface area contributed by atoms with Gasteiger partial charge in [0.15, 0.2) is 11.7 Å². The van der Waals surface area contributed by atoms with Crippen LogP contribution in [-0.2, 0) is 4.79 Å². The zero-order valence-corrected chi connectivity index (χ0v) is 12.7. The standard InChI is InChI=1S/C16H15FN2O2S/c1-11-2-8-14(9-3-11)21-10-15(20)19-16(22)18-13-6-4-12(17)5-7-13/h2-9H,10H2,1H3,(H2,18,19,20,22). The molecular weight excluding hydrogens is 303 g/mol. The maximum atomic E-state index is 12.8. The topological polar surface area (TPSA) is 50.4 Å². The highest BCUT2D eigenvalue weighted by Crippen LogP contribution is 2.11. The Kier molecular flexibility index (Phi) is 5.43. The van der Waals surface area contributed by atoms with Crippen molar-refractivity contribution in [3.05, 3.63) is 59.9 Å². The fourth-order valence-electron chi connectivity index (χ4n) is 1.64. The zero-order valence-electron chi connectivity index (χ0n) is 11.9. The Bertz CT molecular complexity index is 657. The predicted molar refractivity (Wildman–Crippen MR) is 87.4 cm³/mol. The highest BCUT2D eigenvalue weighted by atomic mass is 32.1. The van der Waals surface area contributed by atoms with Crippen LogP contribution >= 0.6 is 12.2 Å². The quantitative estimate of drug-likeness (QED) is 0.851. The number of ether oxygens (including phenoxy) is 1. The molecule has 2 aromatic rings. The van der Waals surface area contributed by atoms with E-state index in [0.717, 1.165) is 5.56 Å². The lowest BCUT2D eigenvalue weighted by Crippen LogP contribution is -2.37. The monoisotopic (exact) mass is 318 g/mol. The highest BCUT2D eigenvalue weighted by molar-refractivity contribution is 7.80. The van der Waals surface area contributed by atoms with Crippen LogP contribution in [0.1, 0.15) is 5.56 Å². The average molecular weight is 318 g/mol. The summed E-state index contributed by atoms with van der Waals surface area (Å²) in [4.78, 5) is 11.7. The van der Waals surface area contributed by atoms with Crippen LogP contribution in [0.4, 0.5) is 10.1 Å². The molecule has 0 aromatic heterocycles. The van der Waals surface area contributed by atoms with Gasteiger partial charge >= 0.3 is 0 Å². The lowest BCUT2D eigenvalue weighted by molar-refractivity contribution is -0.121. The molecule has 0 fully saturated rings. The fourth-order valence-corrected chi connectivity index (χ4v) is 1.87. The Balaban J connectivity index is 1.77. The Morgan fingerprint density at radius 1 is 1.14 bits per heavy atom. The fraction of sp³-hybridized carbons (Fsp3) is 0.125. The second-order valence-corrected chi connectivity index (χ2v) is 5.02. The molecule has 2 N–H and O–H groups in total. The summed E-state index contributed by atoms with van der Waals surface area (Å²) in [5, 5.41) is 5.40. The van der Waals surface area contributed by atoms with Crippen molar-refractivity contribution in [3.8, 4) is 5.75 Å². The van der Waals surface area contributed by atoms with Crippen molar-refractivity contribution in [1.29, 1.82) is 0 Å². The van der Waals surface area contributed by atoms with Gasteiger partial charge in [-0.3, -0.25) is 10.1 Å². The van der Waals surface area contributed by atoms with E-state index in [4.69, 9.17) is 17.0 Å². The van der Waals surface area contributed by atoms with Crippen LogP contribution in [0.15, 0.2) is 48.5 Å². The Morgan fingerprint density at radius 2 is 1.77 bits per heavy atom. The van der Waals surface area contributed by atoms with E-state index in [1.807, 2.05) is 19.1 Å². The largest absolute Gasteiger partial charge is 0.484 e. The minimum absolute atomic E-state index is 0.129. The van der Waals surface area contributed by atoms with Gasteiger partial charge in [0.2, 0.25) is 0 Å².